The van der Waals surface area contributed by atoms with E-state index in [1.165, 1.54) is 0 Å². The van der Waals surface area contributed by atoms with E-state index in [0.717, 1.165) is 30.0 Å². The van der Waals surface area contributed by atoms with Gasteiger partial charge in [-0.2, -0.15) is 0 Å². The van der Waals surface area contributed by atoms with Gasteiger partial charge in [0.05, 0.1) is 6.20 Å². The average Bonchev–Trinajstić information content (AvgIpc) is 2.86. The van der Waals surface area contributed by atoms with Gasteiger partial charge in [-0.25, -0.2) is 4.98 Å². The lowest BCUT2D eigenvalue weighted by Crippen LogP contribution is -1.98. The van der Waals surface area contributed by atoms with Crippen molar-refractivity contribution < 1.29 is 0 Å². The number of benzene rings is 1. The Morgan fingerprint density at radius 3 is 2.39 bits per heavy atom. The van der Waals surface area contributed by atoms with Gasteiger partial charge < -0.3 is 16.0 Å². The molecule has 0 fully saturated rings. The van der Waals surface area contributed by atoms with Crippen LogP contribution in [0.25, 0.3) is 11.4 Å². The highest BCUT2D eigenvalue weighted by atomic mass is 15.0. The number of aromatic nitrogens is 2. The third-order valence-corrected chi connectivity index (χ3v) is 2.33. The summed E-state index contributed by atoms with van der Waals surface area (Å²) in [5.74, 6) is 1.39. The molecule has 0 unspecified atom stereocenters. The Morgan fingerprint density at radius 2 is 1.89 bits per heavy atom. The fourth-order valence-corrected chi connectivity index (χ4v) is 1.50. The Hall–Kier alpha value is -1.97. The van der Waals surface area contributed by atoms with E-state index in [2.05, 4.69) is 22.2 Å². The molecule has 2 rings (SSSR count). The summed E-state index contributed by atoms with van der Waals surface area (Å²) < 4.78 is 0. The molecule has 0 aliphatic carbocycles. The summed E-state index contributed by atoms with van der Waals surface area (Å²) in [4.78, 5) is 7.18. The smallest absolute Gasteiger partial charge is 0.138 e. The molecular weight excluding hydrogens is 224 g/mol. The molecule has 0 bridgehead atoms. The van der Waals surface area contributed by atoms with Crippen LogP contribution >= 0.6 is 0 Å². The summed E-state index contributed by atoms with van der Waals surface area (Å²) in [5, 5.41) is 3.32. The molecule has 18 heavy (non-hydrogen) atoms. The van der Waals surface area contributed by atoms with Gasteiger partial charge in [0.1, 0.15) is 11.6 Å². The number of hydrogen-bond acceptors (Lipinski definition) is 3. The summed E-state index contributed by atoms with van der Waals surface area (Å²) in [7, 11) is 0. The quantitative estimate of drug-likeness (QED) is 0.773. The lowest BCUT2D eigenvalue weighted by atomic mass is 10.2. The molecule has 4 nitrogen and oxygen atoms in total. The lowest BCUT2D eigenvalue weighted by molar-refractivity contribution is 0.980. The Labute approximate surface area is 109 Å². The first kappa shape index (κ1) is 14.1. The summed E-state index contributed by atoms with van der Waals surface area (Å²) in [5.41, 5.74) is 7.75. The number of H-pyrrole nitrogens is 1. The zero-order chi connectivity index (χ0) is 13.4. The summed E-state index contributed by atoms with van der Waals surface area (Å²) in [6.07, 6.45) is 2.75. The maximum atomic E-state index is 5.58. The first-order valence-electron chi connectivity index (χ1n) is 6.44. The molecule has 0 aliphatic rings. The van der Waals surface area contributed by atoms with Crippen molar-refractivity contribution in [1.29, 1.82) is 0 Å². The van der Waals surface area contributed by atoms with Crippen LogP contribution in [0, 0.1) is 0 Å². The normalized spacial score (nSPS) is 9.50. The number of nitrogens with two attached hydrogens (primary N) is 1. The lowest BCUT2D eigenvalue weighted by Gasteiger charge is -2.04. The van der Waals surface area contributed by atoms with Crippen LogP contribution < -0.4 is 11.1 Å². The molecule has 0 amide bonds. The zero-order valence-electron chi connectivity index (χ0n) is 11.3. The van der Waals surface area contributed by atoms with Crippen LogP contribution in [-0.4, -0.2) is 16.5 Å². The van der Waals surface area contributed by atoms with Crippen LogP contribution in [-0.2, 0) is 0 Å². The number of aromatic amines is 1. The number of anilines is 2. The largest absolute Gasteiger partial charge is 0.385 e. The van der Waals surface area contributed by atoms with Gasteiger partial charge >= 0.3 is 0 Å². The molecule has 2 aromatic rings. The van der Waals surface area contributed by atoms with E-state index in [-0.39, 0.29) is 0 Å². The van der Waals surface area contributed by atoms with Crippen LogP contribution in [0.1, 0.15) is 27.2 Å². The van der Waals surface area contributed by atoms with Gasteiger partial charge in [0.15, 0.2) is 0 Å². The molecule has 1 aromatic carbocycles. The third-order valence-electron chi connectivity index (χ3n) is 2.33. The van der Waals surface area contributed by atoms with E-state index in [9.17, 15) is 0 Å². The molecular formula is C14H22N4. The van der Waals surface area contributed by atoms with Crippen LogP contribution in [0.3, 0.4) is 0 Å². The molecule has 1 aromatic heterocycles. The standard InChI is InChI=1S/C12H16N4.C2H6/c1-2-7-14-10-5-3-9(4-6-10)12-15-8-11(13)16-12;1-2/h3-6,8,14H,2,7,13H2,1H3,(H,15,16);1-2H3. The van der Waals surface area contributed by atoms with Crippen molar-refractivity contribution in [2.24, 2.45) is 0 Å². The highest BCUT2D eigenvalue weighted by molar-refractivity contribution is 5.61. The molecule has 0 saturated heterocycles. The predicted octanol–water partition coefficient (Wildman–Crippen LogP) is 3.51. The van der Waals surface area contributed by atoms with Crippen molar-refractivity contribution in [2.45, 2.75) is 27.2 Å². The predicted molar refractivity (Wildman–Crippen MR) is 78.6 cm³/mol. The van der Waals surface area contributed by atoms with Gasteiger partial charge in [-0.1, -0.05) is 20.8 Å². The van der Waals surface area contributed by atoms with E-state index >= 15 is 0 Å². The van der Waals surface area contributed by atoms with Crippen LogP contribution in [0.2, 0.25) is 0 Å². The minimum atomic E-state index is 0.586. The van der Waals surface area contributed by atoms with Crippen LogP contribution in [0.4, 0.5) is 11.5 Å². The Balaban J connectivity index is 0.000000771. The van der Waals surface area contributed by atoms with Gasteiger partial charge in [0.25, 0.3) is 0 Å². The first-order valence-corrected chi connectivity index (χ1v) is 6.44. The molecule has 0 atom stereocenters. The molecule has 0 radical (unpaired) electrons. The Kier molecular flexibility index (Phi) is 5.77. The first-order chi connectivity index (χ1) is 8.79. The minimum Gasteiger partial charge on any atom is -0.385 e. The average molecular weight is 246 g/mol. The van der Waals surface area contributed by atoms with Crippen molar-refractivity contribution in [3.8, 4) is 11.4 Å². The monoisotopic (exact) mass is 246 g/mol. The topological polar surface area (TPSA) is 66.7 Å². The highest BCUT2D eigenvalue weighted by Crippen LogP contribution is 2.18. The van der Waals surface area contributed by atoms with E-state index < -0.39 is 0 Å². The van der Waals surface area contributed by atoms with Gasteiger partial charge in [0.2, 0.25) is 0 Å². The molecule has 1 heterocycles. The zero-order valence-corrected chi connectivity index (χ0v) is 11.3. The van der Waals surface area contributed by atoms with Gasteiger partial charge in [0, 0.05) is 17.8 Å². The number of imidazole rings is 1. The minimum absolute atomic E-state index is 0.586. The van der Waals surface area contributed by atoms with Crippen molar-refractivity contribution in [3.05, 3.63) is 30.5 Å². The van der Waals surface area contributed by atoms with Gasteiger partial charge in [-0.15, -0.1) is 0 Å². The molecule has 0 saturated carbocycles. The molecule has 4 N–H and O–H groups in total. The number of nitrogen functional groups attached to an aromatic ring is 1. The number of nitrogens with zero attached hydrogens (tertiary/aromatic N) is 1. The number of hydrogen-bond donors (Lipinski definition) is 3. The summed E-state index contributed by atoms with van der Waals surface area (Å²) in [6, 6.07) is 8.14. The highest BCUT2D eigenvalue weighted by Gasteiger charge is 2.01. The fourth-order valence-electron chi connectivity index (χ4n) is 1.50. The van der Waals surface area contributed by atoms with Gasteiger partial charge in [-0.3, -0.25) is 0 Å². The van der Waals surface area contributed by atoms with Crippen LogP contribution in [0.5, 0.6) is 0 Å². The van der Waals surface area contributed by atoms with Gasteiger partial charge in [-0.05, 0) is 30.7 Å². The van der Waals surface area contributed by atoms with Crippen molar-refractivity contribution >= 4 is 11.5 Å². The second-order valence-corrected chi connectivity index (χ2v) is 3.69. The maximum absolute atomic E-state index is 5.58. The summed E-state index contributed by atoms with van der Waals surface area (Å²) >= 11 is 0. The second kappa shape index (κ2) is 7.37. The molecule has 0 spiro atoms. The van der Waals surface area contributed by atoms with Crippen molar-refractivity contribution in [2.75, 3.05) is 17.6 Å². The van der Waals surface area contributed by atoms with E-state index in [1.54, 1.807) is 6.20 Å². The summed E-state index contributed by atoms with van der Waals surface area (Å²) in [6.45, 7) is 7.14. The van der Waals surface area contributed by atoms with Crippen LogP contribution in [0.15, 0.2) is 30.5 Å². The van der Waals surface area contributed by atoms with E-state index in [0.29, 0.717) is 5.82 Å². The number of rotatable bonds is 4. The van der Waals surface area contributed by atoms with E-state index in [1.807, 2.05) is 38.1 Å². The van der Waals surface area contributed by atoms with Crippen molar-refractivity contribution in [3.63, 3.8) is 0 Å². The molecule has 4 heteroatoms. The molecule has 98 valence electrons. The third kappa shape index (κ3) is 3.80. The fraction of sp³-hybridized carbons (Fsp3) is 0.357. The maximum Gasteiger partial charge on any atom is 0.138 e. The number of nitrogens with one attached hydrogen (secondary N) is 2. The SMILES string of the molecule is CC.CCCNc1ccc(-c2ncc(N)[nH]2)cc1. The Bertz CT molecular complexity index is 445. The van der Waals surface area contributed by atoms with Crippen molar-refractivity contribution in [1.82, 2.24) is 9.97 Å². The second-order valence-electron chi connectivity index (χ2n) is 3.69. The Morgan fingerprint density at radius 1 is 1.22 bits per heavy atom. The molecule has 0 aliphatic heterocycles. The van der Waals surface area contributed by atoms with E-state index in [4.69, 9.17) is 5.73 Å².